The lowest BCUT2D eigenvalue weighted by Gasteiger charge is -2.11. The van der Waals surface area contributed by atoms with Crippen LogP contribution in [0.4, 0.5) is 0 Å². The lowest BCUT2D eigenvalue weighted by Crippen LogP contribution is -2.38. The van der Waals surface area contributed by atoms with Gasteiger partial charge in [-0.25, -0.2) is 4.99 Å². The van der Waals surface area contributed by atoms with E-state index < -0.39 is 0 Å². The van der Waals surface area contributed by atoms with Crippen molar-refractivity contribution in [1.29, 1.82) is 0 Å². The SMILES string of the molecule is CCNC(=NCc1cccc(OCCCOC)c1)NCCCOC.I. The Labute approximate surface area is 168 Å². The molecule has 0 saturated carbocycles. The Morgan fingerprint density at radius 1 is 1.04 bits per heavy atom. The summed E-state index contributed by atoms with van der Waals surface area (Å²) in [5.41, 5.74) is 1.12. The van der Waals surface area contributed by atoms with E-state index in [4.69, 9.17) is 14.2 Å². The second-order valence-electron chi connectivity index (χ2n) is 5.31. The maximum atomic E-state index is 5.72. The number of halogens is 1. The lowest BCUT2D eigenvalue weighted by molar-refractivity contribution is 0.172. The predicted molar refractivity (Wildman–Crippen MR) is 113 cm³/mol. The molecule has 0 aliphatic rings. The number of hydrogen-bond acceptors (Lipinski definition) is 4. The van der Waals surface area contributed by atoms with Crippen LogP contribution in [-0.4, -0.2) is 53.1 Å². The molecule has 0 atom stereocenters. The van der Waals surface area contributed by atoms with Gasteiger partial charge in [0.05, 0.1) is 13.2 Å². The Kier molecular flexibility index (Phi) is 15.7. The van der Waals surface area contributed by atoms with E-state index in [1.165, 1.54) is 0 Å². The molecule has 0 spiro atoms. The Hall–Kier alpha value is -1.06. The molecule has 1 rings (SSSR count). The van der Waals surface area contributed by atoms with Gasteiger partial charge in [-0.3, -0.25) is 0 Å². The van der Waals surface area contributed by atoms with Gasteiger partial charge in [-0.15, -0.1) is 24.0 Å². The first-order valence-electron chi connectivity index (χ1n) is 8.52. The highest BCUT2D eigenvalue weighted by Gasteiger charge is 2.00. The largest absolute Gasteiger partial charge is 0.493 e. The number of nitrogens with one attached hydrogen (secondary N) is 2. The van der Waals surface area contributed by atoms with Gasteiger partial charge in [-0.05, 0) is 31.0 Å². The molecule has 25 heavy (non-hydrogen) atoms. The number of guanidine groups is 1. The van der Waals surface area contributed by atoms with Crippen molar-refractivity contribution in [3.8, 4) is 5.75 Å². The van der Waals surface area contributed by atoms with Crippen molar-refractivity contribution in [1.82, 2.24) is 10.6 Å². The van der Waals surface area contributed by atoms with Crippen LogP contribution in [0.2, 0.25) is 0 Å². The molecule has 0 unspecified atom stereocenters. The zero-order chi connectivity index (χ0) is 17.5. The van der Waals surface area contributed by atoms with Crippen molar-refractivity contribution in [2.75, 3.05) is 47.1 Å². The molecule has 0 amide bonds. The van der Waals surface area contributed by atoms with Crippen LogP contribution in [0.5, 0.6) is 5.75 Å². The van der Waals surface area contributed by atoms with Crippen LogP contribution in [0, 0.1) is 0 Å². The molecular weight excluding hydrogens is 433 g/mol. The van der Waals surface area contributed by atoms with Gasteiger partial charge in [-0.1, -0.05) is 12.1 Å². The van der Waals surface area contributed by atoms with Gasteiger partial charge in [0.2, 0.25) is 0 Å². The minimum absolute atomic E-state index is 0. The van der Waals surface area contributed by atoms with Crippen molar-refractivity contribution in [2.45, 2.75) is 26.3 Å². The third kappa shape index (κ3) is 12.0. The number of nitrogens with zero attached hydrogens (tertiary/aromatic N) is 1. The summed E-state index contributed by atoms with van der Waals surface area (Å²) in [6.45, 7) is 6.45. The van der Waals surface area contributed by atoms with Crippen LogP contribution >= 0.6 is 24.0 Å². The van der Waals surface area contributed by atoms with Crippen molar-refractivity contribution in [3.63, 3.8) is 0 Å². The molecule has 2 N–H and O–H groups in total. The number of benzene rings is 1. The molecule has 0 saturated heterocycles. The monoisotopic (exact) mass is 465 g/mol. The zero-order valence-electron chi connectivity index (χ0n) is 15.5. The fraction of sp³-hybridized carbons (Fsp3) is 0.611. The minimum atomic E-state index is 0. The van der Waals surface area contributed by atoms with E-state index >= 15 is 0 Å². The summed E-state index contributed by atoms with van der Waals surface area (Å²) in [6.07, 6.45) is 1.83. The van der Waals surface area contributed by atoms with E-state index in [2.05, 4.69) is 28.6 Å². The maximum absolute atomic E-state index is 5.72. The fourth-order valence-electron chi connectivity index (χ4n) is 2.06. The van der Waals surface area contributed by atoms with Crippen LogP contribution in [0.25, 0.3) is 0 Å². The minimum Gasteiger partial charge on any atom is -0.493 e. The molecule has 0 radical (unpaired) electrons. The first kappa shape index (κ1) is 23.9. The van der Waals surface area contributed by atoms with Crippen LogP contribution in [-0.2, 0) is 16.0 Å². The van der Waals surface area contributed by atoms with Crippen molar-refractivity contribution < 1.29 is 14.2 Å². The first-order chi connectivity index (χ1) is 11.8. The number of aliphatic imine (C=N–C) groups is 1. The topological polar surface area (TPSA) is 64.1 Å². The summed E-state index contributed by atoms with van der Waals surface area (Å²) in [5.74, 6) is 1.69. The highest BCUT2D eigenvalue weighted by atomic mass is 127. The molecule has 0 bridgehead atoms. The van der Waals surface area contributed by atoms with Crippen LogP contribution in [0.1, 0.15) is 25.3 Å². The van der Waals surface area contributed by atoms with Gasteiger partial charge in [0.25, 0.3) is 0 Å². The molecule has 7 heteroatoms. The molecular formula is C18H32IN3O3. The average Bonchev–Trinajstić information content (AvgIpc) is 2.60. The van der Waals surface area contributed by atoms with Gasteiger partial charge in [0, 0.05) is 46.9 Å². The summed E-state index contributed by atoms with van der Waals surface area (Å²) in [4.78, 5) is 4.61. The number of methoxy groups -OCH3 is 2. The molecule has 1 aromatic rings. The zero-order valence-corrected chi connectivity index (χ0v) is 17.9. The summed E-state index contributed by atoms with van der Waals surface area (Å²) < 4.78 is 15.8. The Morgan fingerprint density at radius 2 is 1.80 bits per heavy atom. The van der Waals surface area contributed by atoms with Crippen LogP contribution in [0.3, 0.4) is 0 Å². The summed E-state index contributed by atoms with van der Waals surface area (Å²) in [7, 11) is 3.41. The fourth-order valence-corrected chi connectivity index (χ4v) is 2.06. The van der Waals surface area contributed by atoms with Gasteiger partial charge >= 0.3 is 0 Å². The quantitative estimate of drug-likeness (QED) is 0.215. The maximum Gasteiger partial charge on any atom is 0.191 e. The standard InChI is InChI=1S/C18H31N3O3.HI/c1-4-19-18(20-10-6-11-22-2)21-15-16-8-5-9-17(14-16)24-13-7-12-23-3;/h5,8-9,14H,4,6-7,10-13,15H2,1-3H3,(H2,19,20,21);1H. The normalized spacial score (nSPS) is 10.9. The first-order valence-corrected chi connectivity index (χ1v) is 8.52. The highest BCUT2D eigenvalue weighted by molar-refractivity contribution is 14.0. The van der Waals surface area contributed by atoms with E-state index in [0.717, 1.165) is 49.8 Å². The number of hydrogen-bond donors (Lipinski definition) is 2. The molecule has 1 aromatic carbocycles. The Bertz CT molecular complexity index is 473. The summed E-state index contributed by atoms with van der Waals surface area (Å²) >= 11 is 0. The van der Waals surface area contributed by atoms with E-state index in [9.17, 15) is 0 Å². The van der Waals surface area contributed by atoms with E-state index in [0.29, 0.717) is 19.8 Å². The van der Waals surface area contributed by atoms with Gasteiger partial charge in [-0.2, -0.15) is 0 Å². The van der Waals surface area contributed by atoms with Crippen molar-refractivity contribution in [2.24, 2.45) is 4.99 Å². The molecule has 0 aliphatic carbocycles. The Balaban J connectivity index is 0.00000576. The van der Waals surface area contributed by atoms with E-state index in [1.54, 1.807) is 14.2 Å². The molecule has 0 aliphatic heterocycles. The Morgan fingerprint density at radius 3 is 2.52 bits per heavy atom. The second-order valence-corrected chi connectivity index (χ2v) is 5.31. The van der Waals surface area contributed by atoms with Crippen molar-refractivity contribution in [3.05, 3.63) is 29.8 Å². The predicted octanol–water partition coefficient (Wildman–Crippen LogP) is 2.81. The van der Waals surface area contributed by atoms with Gasteiger partial charge in [0.15, 0.2) is 5.96 Å². The van der Waals surface area contributed by atoms with Crippen molar-refractivity contribution >= 4 is 29.9 Å². The van der Waals surface area contributed by atoms with Crippen LogP contribution in [0.15, 0.2) is 29.3 Å². The smallest absolute Gasteiger partial charge is 0.191 e. The van der Waals surface area contributed by atoms with Gasteiger partial charge in [0.1, 0.15) is 5.75 Å². The lowest BCUT2D eigenvalue weighted by atomic mass is 10.2. The van der Waals surface area contributed by atoms with E-state index in [1.807, 2.05) is 18.2 Å². The van der Waals surface area contributed by atoms with Crippen LogP contribution < -0.4 is 15.4 Å². The second kappa shape index (κ2) is 16.4. The number of rotatable bonds is 12. The average molecular weight is 465 g/mol. The molecule has 6 nitrogen and oxygen atoms in total. The van der Waals surface area contributed by atoms with Gasteiger partial charge < -0.3 is 24.8 Å². The summed E-state index contributed by atoms with van der Waals surface area (Å²) in [5, 5.41) is 6.55. The molecule has 144 valence electrons. The third-order valence-electron chi connectivity index (χ3n) is 3.24. The van der Waals surface area contributed by atoms with E-state index in [-0.39, 0.29) is 24.0 Å². The third-order valence-corrected chi connectivity index (χ3v) is 3.24. The molecule has 0 aromatic heterocycles. The summed E-state index contributed by atoms with van der Waals surface area (Å²) in [6, 6.07) is 8.05. The highest BCUT2D eigenvalue weighted by Crippen LogP contribution is 2.14. The molecule has 0 heterocycles. The molecule has 0 fully saturated rings. The number of ether oxygens (including phenoxy) is 3.